The molecule has 0 atom stereocenters. The first-order chi connectivity index (χ1) is 16.1. The van der Waals surface area contributed by atoms with E-state index in [9.17, 15) is 23.3 Å². The van der Waals surface area contributed by atoms with Gasteiger partial charge in [0.05, 0.1) is 33.5 Å². The third-order valence-electron chi connectivity index (χ3n) is 5.41. The van der Waals surface area contributed by atoms with E-state index in [-0.39, 0.29) is 32.7 Å². The van der Waals surface area contributed by atoms with Crippen molar-refractivity contribution in [2.75, 3.05) is 24.6 Å². The van der Waals surface area contributed by atoms with Gasteiger partial charge in [-0.25, -0.2) is 22.9 Å². The fourth-order valence-corrected chi connectivity index (χ4v) is 5.45. The van der Waals surface area contributed by atoms with E-state index in [1.165, 1.54) is 24.3 Å². The van der Waals surface area contributed by atoms with Crippen LogP contribution < -0.4 is 9.62 Å². The molecule has 0 spiro atoms. The van der Waals surface area contributed by atoms with Crippen LogP contribution in [0.4, 0.5) is 5.82 Å². The summed E-state index contributed by atoms with van der Waals surface area (Å²) < 4.78 is 32.3. The number of amides is 1. The van der Waals surface area contributed by atoms with Gasteiger partial charge in [0.15, 0.2) is 0 Å². The van der Waals surface area contributed by atoms with Crippen molar-refractivity contribution in [1.29, 1.82) is 5.26 Å². The molecule has 1 aliphatic heterocycles. The van der Waals surface area contributed by atoms with E-state index in [1.807, 2.05) is 4.90 Å². The van der Waals surface area contributed by atoms with Crippen LogP contribution in [0.25, 0.3) is 0 Å². The second-order valence-electron chi connectivity index (χ2n) is 7.61. The van der Waals surface area contributed by atoms with Gasteiger partial charge in [-0.3, -0.25) is 4.79 Å². The lowest BCUT2D eigenvalue weighted by molar-refractivity contribution is -0.123. The number of hydrogen-bond donors (Lipinski definition) is 1. The number of benzene rings is 1. The number of carbonyl (C=O) groups is 2. The Bertz CT molecular complexity index is 1270. The van der Waals surface area contributed by atoms with Crippen LogP contribution in [0.15, 0.2) is 29.2 Å². The van der Waals surface area contributed by atoms with Crippen molar-refractivity contribution in [2.24, 2.45) is 5.92 Å². The standard InChI is InChI=1S/C22H22Cl2N4O5S/c1-3-33-22(30)16-11-15(12-25)20(26-13(16)2)28-9-7-14(8-10-28)21(29)27-34(31,32)18-6-4-5-17(23)19(18)24/h4-6,11,14H,3,7-10H2,1-2H3,(H,27,29). The van der Waals surface area contributed by atoms with Gasteiger partial charge in [0.1, 0.15) is 16.8 Å². The second kappa shape index (κ2) is 10.6. The smallest absolute Gasteiger partial charge is 0.340 e. The van der Waals surface area contributed by atoms with Crippen LogP contribution in [0.2, 0.25) is 10.0 Å². The molecule has 0 unspecified atom stereocenters. The molecular weight excluding hydrogens is 503 g/mol. The number of pyridine rings is 1. The second-order valence-corrected chi connectivity index (χ2v) is 10.0. The molecule has 2 aromatic rings. The highest BCUT2D eigenvalue weighted by molar-refractivity contribution is 7.90. The molecule has 180 valence electrons. The Morgan fingerprint density at radius 3 is 2.59 bits per heavy atom. The molecule has 9 nitrogen and oxygen atoms in total. The summed E-state index contributed by atoms with van der Waals surface area (Å²) >= 11 is 11.9. The number of nitrogens with zero attached hydrogens (tertiary/aromatic N) is 3. The summed E-state index contributed by atoms with van der Waals surface area (Å²) in [6, 6.07) is 7.66. The summed E-state index contributed by atoms with van der Waals surface area (Å²) in [6.45, 7) is 4.29. The quantitative estimate of drug-likeness (QED) is 0.568. The zero-order valence-corrected chi connectivity index (χ0v) is 20.8. The molecule has 34 heavy (non-hydrogen) atoms. The summed E-state index contributed by atoms with van der Waals surface area (Å²) in [7, 11) is -4.19. The van der Waals surface area contributed by atoms with Gasteiger partial charge in [-0.2, -0.15) is 5.26 Å². The molecule has 0 radical (unpaired) electrons. The topological polar surface area (TPSA) is 129 Å². The fraction of sp³-hybridized carbons (Fsp3) is 0.364. The number of piperidine rings is 1. The number of carbonyl (C=O) groups excluding carboxylic acids is 2. The molecule has 2 heterocycles. The summed E-state index contributed by atoms with van der Waals surface area (Å²) in [5, 5.41) is 9.48. The number of anilines is 1. The van der Waals surface area contributed by atoms with Gasteiger partial charge in [-0.1, -0.05) is 29.3 Å². The number of halogens is 2. The van der Waals surface area contributed by atoms with E-state index in [2.05, 4.69) is 15.8 Å². The molecule has 1 aliphatic rings. The fourth-order valence-electron chi connectivity index (χ4n) is 3.65. The van der Waals surface area contributed by atoms with Crippen LogP contribution in [-0.4, -0.2) is 45.0 Å². The average molecular weight is 525 g/mol. The van der Waals surface area contributed by atoms with E-state index in [4.69, 9.17) is 27.9 Å². The number of nitrogens with one attached hydrogen (secondary N) is 1. The van der Waals surface area contributed by atoms with Gasteiger partial charge in [-0.15, -0.1) is 0 Å². The molecule has 0 bridgehead atoms. The first kappa shape index (κ1) is 25.7. The Labute approximate surface area is 207 Å². The minimum atomic E-state index is -4.19. The van der Waals surface area contributed by atoms with E-state index in [0.29, 0.717) is 37.4 Å². The zero-order chi connectivity index (χ0) is 25.0. The third-order valence-corrected chi connectivity index (χ3v) is 7.73. The predicted molar refractivity (Wildman–Crippen MR) is 126 cm³/mol. The average Bonchev–Trinajstić information content (AvgIpc) is 2.80. The lowest BCUT2D eigenvalue weighted by Gasteiger charge is -2.32. The third kappa shape index (κ3) is 5.43. The Morgan fingerprint density at radius 2 is 1.97 bits per heavy atom. The maximum atomic E-state index is 12.7. The minimum Gasteiger partial charge on any atom is -0.462 e. The number of esters is 1. The summed E-state index contributed by atoms with van der Waals surface area (Å²) in [5.74, 6) is -1.34. The predicted octanol–water partition coefficient (Wildman–Crippen LogP) is 3.47. The Morgan fingerprint density at radius 1 is 1.29 bits per heavy atom. The summed E-state index contributed by atoms with van der Waals surface area (Å²) in [6.07, 6.45) is 0.686. The van der Waals surface area contributed by atoms with Gasteiger partial charge >= 0.3 is 5.97 Å². The molecule has 1 aromatic carbocycles. The molecular formula is C22H22Cl2N4O5S. The Kier molecular flexibility index (Phi) is 8.02. The van der Waals surface area contributed by atoms with E-state index >= 15 is 0 Å². The number of rotatable bonds is 6. The SMILES string of the molecule is CCOC(=O)c1cc(C#N)c(N2CCC(C(=O)NS(=O)(=O)c3cccc(Cl)c3Cl)CC2)nc1C. The molecule has 12 heteroatoms. The Hall–Kier alpha value is -2.87. The zero-order valence-electron chi connectivity index (χ0n) is 18.5. The maximum absolute atomic E-state index is 12.7. The van der Waals surface area contributed by atoms with Crippen molar-refractivity contribution < 1.29 is 22.7 Å². The molecule has 1 fully saturated rings. The van der Waals surface area contributed by atoms with Crippen molar-refractivity contribution in [3.8, 4) is 6.07 Å². The highest BCUT2D eigenvalue weighted by Crippen LogP contribution is 2.30. The number of aryl methyl sites for hydroxylation is 1. The molecule has 1 aromatic heterocycles. The van der Waals surface area contributed by atoms with Gasteiger partial charge < -0.3 is 9.64 Å². The lowest BCUT2D eigenvalue weighted by Crippen LogP contribution is -2.43. The van der Waals surface area contributed by atoms with Gasteiger partial charge in [0, 0.05) is 19.0 Å². The number of aromatic nitrogens is 1. The van der Waals surface area contributed by atoms with Crippen LogP contribution >= 0.6 is 23.2 Å². The Balaban J connectivity index is 1.71. The van der Waals surface area contributed by atoms with Crippen LogP contribution in [0.5, 0.6) is 0 Å². The number of ether oxygens (including phenoxy) is 1. The minimum absolute atomic E-state index is 0.0652. The lowest BCUT2D eigenvalue weighted by atomic mass is 9.96. The van der Waals surface area contributed by atoms with Gasteiger partial charge in [0.2, 0.25) is 5.91 Å². The van der Waals surface area contributed by atoms with Crippen LogP contribution in [0.1, 0.15) is 41.4 Å². The summed E-state index contributed by atoms with van der Waals surface area (Å²) in [4.78, 5) is 30.8. The van der Waals surface area contributed by atoms with E-state index < -0.39 is 27.8 Å². The van der Waals surface area contributed by atoms with E-state index in [0.717, 1.165) is 0 Å². The van der Waals surface area contributed by atoms with Crippen molar-refractivity contribution in [2.45, 2.75) is 31.6 Å². The number of nitriles is 1. The summed E-state index contributed by atoms with van der Waals surface area (Å²) in [5.41, 5.74) is 0.868. The maximum Gasteiger partial charge on any atom is 0.340 e. The molecule has 1 amide bonds. The van der Waals surface area contributed by atoms with Crippen molar-refractivity contribution >= 4 is 50.9 Å². The van der Waals surface area contributed by atoms with Crippen LogP contribution in [0.3, 0.4) is 0 Å². The molecule has 0 aliphatic carbocycles. The van der Waals surface area contributed by atoms with Gasteiger partial charge in [-0.05, 0) is 44.9 Å². The number of sulfonamides is 1. The molecule has 3 rings (SSSR count). The van der Waals surface area contributed by atoms with Crippen LogP contribution in [0, 0.1) is 24.2 Å². The van der Waals surface area contributed by atoms with Crippen molar-refractivity contribution in [3.05, 3.63) is 51.1 Å². The van der Waals surface area contributed by atoms with Crippen LogP contribution in [-0.2, 0) is 19.6 Å². The van der Waals surface area contributed by atoms with Gasteiger partial charge in [0.25, 0.3) is 10.0 Å². The largest absolute Gasteiger partial charge is 0.462 e. The highest BCUT2D eigenvalue weighted by Gasteiger charge is 2.31. The first-order valence-corrected chi connectivity index (χ1v) is 12.7. The van der Waals surface area contributed by atoms with Crippen molar-refractivity contribution in [1.82, 2.24) is 9.71 Å². The monoisotopic (exact) mass is 524 g/mol. The number of hydrogen-bond acceptors (Lipinski definition) is 8. The molecule has 1 N–H and O–H groups in total. The highest BCUT2D eigenvalue weighted by atomic mass is 35.5. The normalized spacial score (nSPS) is 14.4. The molecule has 1 saturated heterocycles. The first-order valence-electron chi connectivity index (χ1n) is 10.4. The van der Waals surface area contributed by atoms with E-state index in [1.54, 1.807) is 13.8 Å². The van der Waals surface area contributed by atoms with Crippen molar-refractivity contribution in [3.63, 3.8) is 0 Å². The molecule has 0 saturated carbocycles.